The van der Waals surface area contributed by atoms with Crippen molar-refractivity contribution in [3.05, 3.63) is 77.9 Å². The molecule has 0 bridgehead atoms. The zero-order valence-corrected chi connectivity index (χ0v) is 14.2. The summed E-state index contributed by atoms with van der Waals surface area (Å²) in [6, 6.07) is 21.7. The molecule has 3 rings (SSSR count). The highest BCUT2D eigenvalue weighted by Gasteiger charge is 2.16. The van der Waals surface area contributed by atoms with Gasteiger partial charge in [0.05, 0.1) is 12.8 Å². The maximum absolute atomic E-state index is 10.4. The number of ether oxygens (including phenoxy) is 1. The van der Waals surface area contributed by atoms with Crippen molar-refractivity contribution < 1.29 is 9.84 Å². The van der Waals surface area contributed by atoms with Gasteiger partial charge in [-0.3, -0.25) is 0 Å². The lowest BCUT2D eigenvalue weighted by Gasteiger charge is -2.26. The van der Waals surface area contributed by atoms with Gasteiger partial charge >= 0.3 is 0 Å². The molecule has 24 heavy (non-hydrogen) atoms. The average Bonchev–Trinajstić information content (AvgIpc) is 2.60. The minimum Gasteiger partial charge on any atom is -0.506 e. The van der Waals surface area contributed by atoms with Gasteiger partial charge in [0.15, 0.2) is 0 Å². The fraction of sp³-hybridized carbons (Fsp3) is 0.143. The number of rotatable bonds is 4. The summed E-state index contributed by atoms with van der Waals surface area (Å²) in [5.74, 6) is 0.906. The van der Waals surface area contributed by atoms with Crippen molar-refractivity contribution in [3.8, 4) is 11.5 Å². The third-order valence-electron chi connectivity index (χ3n) is 4.01. The van der Waals surface area contributed by atoms with E-state index in [0.29, 0.717) is 11.4 Å². The lowest BCUT2D eigenvalue weighted by molar-refractivity contribution is 0.412. The zero-order valence-electron chi connectivity index (χ0n) is 14.2. The molecule has 0 saturated heterocycles. The summed E-state index contributed by atoms with van der Waals surface area (Å²) in [5.41, 5.74) is 5.03. The largest absolute Gasteiger partial charge is 0.506 e. The number of methoxy groups -OCH3 is 1. The van der Waals surface area contributed by atoms with Crippen molar-refractivity contribution in [1.82, 2.24) is 0 Å². The molecule has 0 aliphatic heterocycles. The lowest BCUT2D eigenvalue weighted by atomic mass is 10.1. The first-order valence-corrected chi connectivity index (χ1v) is 7.89. The van der Waals surface area contributed by atoms with Crippen LogP contribution in [0.15, 0.2) is 66.7 Å². The number of phenols is 1. The van der Waals surface area contributed by atoms with E-state index in [-0.39, 0.29) is 5.75 Å². The number of phenolic OH excluding ortho intramolecular Hbond substituents is 1. The van der Waals surface area contributed by atoms with Crippen LogP contribution in [0.5, 0.6) is 11.5 Å². The molecule has 3 aromatic carbocycles. The molecule has 0 atom stereocenters. The topological polar surface area (TPSA) is 32.7 Å². The van der Waals surface area contributed by atoms with E-state index in [2.05, 4.69) is 38.1 Å². The fourth-order valence-corrected chi connectivity index (χ4v) is 2.62. The monoisotopic (exact) mass is 319 g/mol. The van der Waals surface area contributed by atoms with E-state index in [4.69, 9.17) is 4.74 Å². The van der Waals surface area contributed by atoms with Crippen molar-refractivity contribution in [2.75, 3.05) is 12.0 Å². The Bertz CT molecular complexity index is 778. The molecule has 0 spiro atoms. The van der Waals surface area contributed by atoms with Crippen LogP contribution < -0.4 is 9.64 Å². The van der Waals surface area contributed by atoms with Gasteiger partial charge in [-0.15, -0.1) is 0 Å². The SMILES string of the molecule is COc1ccc(O)c(N(c2ccc(C)cc2)c2ccc(C)cc2)c1. The van der Waals surface area contributed by atoms with E-state index < -0.39 is 0 Å². The summed E-state index contributed by atoms with van der Waals surface area (Å²) in [7, 11) is 1.62. The lowest BCUT2D eigenvalue weighted by Crippen LogP contribution is -2.10. The van der Waals surface area contributed by atoms with E-state index in [9.17, 15) is 5.11 Å². The summed E-state index contributed by atoms with van der Waals surface area (Å²) in [5, 5.41) is 10.4. The summed E-state index contributed by atoms with van der Waals surface area (Å²) >= 11 is 0. The van der Waals surface area contributed by atoms with Crippen molar-refractivity contribution in [2.45, 2.75) is 13.8 Å². The van der Waals surface area contributed by atoms with Gasteiger partial charge in [0.25, 0.3) is 0 Å². The highest BCUT2D eigenvalue weighted by Crippen LogP contribution is 2.41. The molecule has 0 radical (unpaired) electrons. The van der Waals surface area contributed by atoms with Gasteiger partial charge < -0.3 is 14.7 Å². The third-order valence-corrected chi connectivity index (χ3v) is 4.01. The molecule has 0 aliphatic carbocycles. The second kappa shape index (κ2) is 6.67. The van der Waals surface area contributed by atoms with Crippen molar-refractivity contribution in [2.24, 2.45) is 0 Å². The number of nitrogens with zero attached hydrogens (tertiary/aromatic N) is 1. The number of benzene rings is 3. The molecule has 3 aromatic rings. The Balaban J connectivity index is 2.18. The Morgan fingerprint density at radius 3 is 1.71 bits per heavy atom. The maximum atomic E-state index is 10.4. The predicted molar refractivity (Wildman–Crippen MR) is 98.8 cm³/mol. The molecule has 0 aliphatic rings. The Morgan fingerprint density at radius 1 is 0.750 bits per heavy atom. The molecular weight excluding hydrogens is 298 g/mol. The molecular formula is C21H21NO2. The van der Waals surface area contributed by atoms with Crippen molar-refractivity contribution in [3.63, 3.8) is 0 Å². The van der Waals surface area contributed by atoms with E-state index in [1.165, 1.54) is 11.1 Å². The first-order valence-electron chi connectivity index (χ1n) is 7.89. The molecule has 0 saturated carbocycles. The first-order chi connectivity index (χ1) is 11.6. The van der Waals surface area contributed by atoms with Gasteiger partial charge in [0, 0.05) is 17.4 Å². The smallest absolute Gasteiger partial charge is 0.139 e. The minimum atomic E-state index is 0.206. The van der Waals surface area contributed by atoms with Gasteiger partial charge in [0.1, 0.15) is 11.5 Å². The molecule has 1 N–H and O–H groups in total. The molecule has 0 fully saturated rings. The van der Waals surface area contributed by atoms with Gasteiger partial charge in [-0.05, 0) is 50.2 Å². The van der Waals surface area contributed by atoms with Crippen LogP contribution >= 0.6 is 0 Å². The van der Waals surface area contributed by atoms with Crippen LogP contribution in [-0.2, 0) is 0 Å². The van der Waals surface area contributed by atoms with Crippen molar-refractivity contribution >= 4 is 17.1 Å². The molecule has 0 heterocycles. The van der Waals surface area contributed by atoms with Crippen LogP contribution in [0.25, 0.3) is 0 Å². The van der Waals surface area contributed by atoms with E-state index in [0.717, 1.165) is 11.4 Å². The second-order valence-corrected chi connectivity index (χ2v) is 5.86. The summed E-state index contributed by atoms with van der Waals surface area (Å²) in [4.78, 5) is 2.02. The Hall–Kier alpha value is -2.94. The molecule has 122 valence electrons. The quantitative estimate of drug-likeness (QED) is 0.690. The summed E-state index contributed by atoms with van der Waals surface area (Å²) < 4.78 is 5.33. The molecule has 3 heteroatoms. The third kappa shape index (κ3) is 3.20. The fourth-order valence-electron chi connectivity index (χ4n) is 2.62. The van der Waals surface area contributed by atoms with Crippen LogP contribution in [0, 0.1) is 13.8 Å². The average molecular weight is 319 g/mol. The molecule has 0 amide bonds. The number of hydrogen-bond donors (Lipinski definition) is 1. The zero-order chi connectivity index (χ0) is 17.1. The van der Waals surface area contributed by atoms with Gasteiger partial charge in [-0.1, -0.05) is 35.4 Å². The van der Waals surface area contributed by atoms with Crippen LogP contribution in [-0.4, -0.2) is 12.2 Å². The molecule has 3 nitrogen and oxygen atoms in total. The number of anilines is 3. The first kappa shape index (κ1) is 15.9. The van der Waals surface area contributed by atoms with Crippen molar-refractivity contribution in [1.29, 1.82) is 0 Å². The maximum Gasteiger partial charge on any atom is 0.139 e. The van der Waals surface area contributed by atoms with Crippen LogP contribution in [0.2, 0.25) is 0 Å². The molecule has 0 unspecified atom stereocenters. The number of aromatic hydroxyl groups is 1. The molecule has 0 aromatic heterocycles. The highest BCUT2D eigenvalue weighted by molar-refractivity contribution is 5.80. The normalized spacial score (nSPS) is 10.5. The summed E-state index contributed by atoms with van der Waals surface area (Å²) in [6.07, 6.45) is 0. The minimum absolute atomic E-state index is 0.206. The second-order valence-electron chi connectivity index (χ2n) is 5.86. The van der Waals surface area contributed by atoms with Crippen LogP contribution in [0.4, 0.5) is 17.1 Å². The Morgan fingerprint density at radius 2 is 1.25 bits per heavy atom. The van der Waals surface area contributed by atoms with Crippen LogP contribution in [0.1, 0.15) is 11.1 Å². The van der Waals surface area contributed by atoms with Gasteiger partial charge in [-0.2, -0.15) is 0 Å². The highest BCUT2D eigenvalue weighted by atomic mass is 16.5. The van der Waals surface area contributed by atoms with Crippen LogP contribution in [0.3, 0.4) is 0 Å². The van der Waals surface area contributed by atoms with E-state index in [1.807, 2.05) is 35.2 Å². The predicted octanol–water partition coefficient (Wildman–Crippen LogP) is 5.49. The Labute approximate surface area is 142 Å². The Kier molecular flexibility index (Phi) is 4.43. The summed E-state index contributed by atoms with van der Waals surface area (Å²) in [6.45, 7) is 4.12. The van der Waals surface area contributed by atoms with E-state index in [1.54, 1.807) is 19.2 Å². The van der Waals surface area contributed by atoms with Gasteiger partial charge in [-0.25, -0.2) is 0 Å². The van der Waals surface area contributed by atoms with E-state index >= 15 is 0 Å². The standard InChI is InChI=1S/C21H21NO2/c1-15-4-8-17(9-5-15)22(18-10-6-16(2)7-11-18)20-14-19(24-3)12-13-21(20)23/h4-14,23H,1-3H3. The number of hydrogen-bond acceptors (Lipinski definition) is 3. The van der Waals surface area contributed by atoms with Gasteiger partial charge in [0.2, 0.25) is 0 Å². The number of aryl methyl sites for hydroxylation is 2.